The van der Waals surface area contributed by atoms with E-state index in [1.807, 2.05) is 25.1 Å². The van der Waals surface area contributed by atoms with Crippen molar-refractivity contribution < 1.29 is 8.78 Å². The smallest absolute Gasteiger partial charge is 0.263 e. The summed E-state index contributed by atoms with van der Waals surface area (Å²) in [4.78, 5) is 0. The molecule has 0 saturated heterocycles. The topological polar surface area (TPSA) is 12.0 Å². The Labute approximate surface area is 116 Å². The Morgan fingerprint density at radius 1 is 1.16 bits per heavy atom. The summed E-state index contributed by atoms with van der Waals surface area (Å²) in [6.07, 6.45) is -2.44. The molecule has 2 aromatic rings. The van der Waals surface area contributed by atoms with Crippen LogP contribution in [0.25, 0.3) is 0 Å². The lowest BCUT2D eigenvalue weighted by molar-refractivity contribution is 0.151. The van der Waals surface area contributed by atoms with Crippen LogP contribution in [0.15, 0.2) is 42.5 Å². The summed E-state index contributed by atoms with van der Waals surface area (Å²) in [7, 11) is 0. The van der Waals surface area contributed by atoms with Crippen molar-refractivity contribution in [1.82, 2.24) is 0 Å². The quantitative estimate of drug-likeness (QED) is 0.812. The van der Waals surface area contributed by atoms with Crippen molar-refractivity contribution in [1.29, 1.82) is 0 Å². The Morgan fingerprint density at radius 2 is 1.95 bits per heavy atom. The number of anilines is 1. The van der Waals surface area contributed by atoms with Gasteiger partial charge in [-0.15, -0.1) is 0 Å². The van der Waals surface area contributed by atoms with Crippen molar-refractivity contribution in [2.75, 3.05) is 5.32 Å². The number of hydrogen-bond acceptors (Lipinski definition) is 1. The molecular weight excluding hydrogens is 268 g/mol. The summed E-state index contributed by atoms with van der Waals surface area (Å²) in [5, 5.41) is 3.78. The molecule has 0 aliphatic carbocycles. The number of halogens is 3. The molecule has 0 aliphatic heterocycles. The highest BCUT2D eigenvalue weighted by Gasteiger charge is 2.07. The molecular formula is C15H14ClF2N. The average Bonchev–Trinajstić information content (AvgIpc) is 2.38. The van der Waals surface area contributed by atoms with Gasteiger partial charge in [-0.05, 0) is 36.2 Å². The first-order valence-electron chi connectivity index (χ1n) is 5.93. The highest BCUT2D eigenvalue weighted by Crippen LogP contribution is 2.24. The molecule has 0 heterocycles. The third-order valence-electron chi connectivity index (χ3n) is 2.81. The predicted octanol–water partition coefficient (Wildman–Crippen LogP) is 5.20. The number of rotatable bonds is 4. The summed E-state index contributed by atoms with van der Waals surface area (Å²) < 4.78 is 25.2. The molecule has 2 aromatic carbocycles. The minimum atomic E-state index is -2.44. The Hall–Kier alpha value is -1.61. The molecule has 4 heteroatoms. The maximum absolute atomic E-state index is 12.6. The van der Waals surface area contributed by atoms with Gasteiger partial charge in [0.15, 0.2) is 0 Å². The Bertz CT molecular complexity index is 570. The first-order valence-corrected chi connectivity index (χ1v) is 6.31. The van der Waals surface area contributed by atoms with E-state index in [9.17, 15) is 8.78 Å². The number of benzene rings is 2. The summed E-state index contributed by atoms with van der Waals surface area (Å²) >= 11 is 6.09. The molecule has 100 valence electrons. The SMILES string of the molecule is Cc1ccc(NCc2cccc(C(F)F)c2)c(Cl)c1. The van der Waals surface area contributed by atoms with E-state index in [1.165, 1.54) is 12.1 Å². The van der Waals surface area contributed by atoms with E-state index in [1.54, 1.807) is 12.1 Å². The second kappa shape index (κ2) is 6.02. The van der Waals surface area contributed by atoms with Crippen LogP contribution in [0.4, 0.5) is 14.5 Å². The molecule has 2 rings (SSSR count). The van der Waals surface area contributed by atoms with Gasteiger partial charge < -0.3 is 5.32 Å². The van der Waals surface area contributed by atoms with E-state index in [-0.39, 0.29) is 5.56 Å². The van der Waals surface area contributed by atoms with Gasteiger partial charge >= 0.3 is 0 Å². The number of alkyl halides is 2. The number of aryl methyl sites for hydroxylation is 1. The molecule has 19 heavy (non-hydrogen) atoms. The highest BCUT2D eigenvalue weighted by molar-refractivity contribution is 6.33. The Kier molecular flexibility index (Phi) is 4.38. The summed E-state index contributed by atoms with van der Waals surface area (Å²) in [5.74, 6) is 0. The fraction of sp³-hybridized carbons (Fsp3) is 0.200. The van der Waals surface area contributed by atoms with Gasteiger partial charge in [0.25, 0.3) is 6.43 Å². The highest BCUT2D eigenvalue weighted by atomic mass is 35.5. The van der Waals surface area contributed by atoms with Gasteiger partial charge in [-0.2, -0.15) is 0 Å². The van der Waals surface area contributed by atoms with E-state index in [4.69, 9.17) is 11.6 Å². The molecule has 0 bridgehead atoms. The van der Waals surface area contributed by atoms with Crippen LogP contribution in [-0.2, 0) is 6.54 Å². The fourth-order valence-corrected chi connectivity index (χ4v) is 2.10. The second-order valence-electron chi connectivity index (χ2n) is 4.38. The largest absolute Gasteiger partial charge is 0.380 e. The van der Waals surface area contributed by atoms with E-state index in [0.717, 1.165) is 16.8 Å². The van der Waals surface area contributed by atoms with Crippen LogP contribution in [0.3, 0.4) is 0 Å². The lowest BCUT2D eigenvalue weighted by Gasteiger charge is -2.10. The molecule has 0 amide bonds. The van der Waals surface area contributed by atoms with E-state index in [0.29, 0.717) is 11.6 Å². The molecule has 0 aromatic heterocycles. The standard InChI is InChI=1S/C15H14ClF2N/c1-10-5-6-14(13(16)7-10)19-9-11-3-2-4-12(8-11)15(17)18/h2-8,15,19H,9H2,1H3. The van der Waals surface area contributed by atoms with Gasteiger partial charge in [0.05, 0.1) is 10.7 Å². The Morgan fingerprint density at radius 3 is 2.63 bits per heavy atom. The average molecular weight is 282 g/mol. The van der Waals surface area contributed by atoms with Gasteiger partial charge in [0.1, 0.15) is 0 Å². The predicted molar refractivity (Wildman–Crippen MR) is 74.9 cm³/mol. The van der Waals surface area contributed by atoms with Crippen LogP contribution in [-0.4, -0.2) is 0 Å². The minimum Gasteiger partial charge on any atom is -0.380 e. The summed E-state index contributed by atoms with van der Waals surface area (Å²) in [5.41, 5.74) is 2.72. The maximum Gasteiger partial charge on any atom is 0.263 e. The normalized spacial score (nSPS) is 10.8. The number of hydrogen-bond donors (Lipinski definition) is 1. The minimum absolute atomic E-state index is 0.0364. The molecule has 1 N–H and O–H groups in total. The van der Waals surface area contributed by atoms with Crippen LogP contribution in [0.5, 0.6) is 0 Å². The molecule has 0 fully saturated rings. The maximum atomic E-state index is 12.6. The lowest BCUT2D eigenvalue weighted by atomic mass is 10.1. The van der Waals surface area contributed by atoms with Crippen LogP contribution < -0.4 is 5.32 Å². The third-order valence-corrected chi connectivity index (χ3v) is 3.12. The van der Waals surface area contributed by atoms with Crippen molar-refractivity contribution in [3.63, 3.8) is 0 Å². The van der Waals surface area contributed by atoms with E-state index >= 15 is 0 Å². The Balaban J connectivity index is 2.08. The van der Waals surface area contributed by atoms with Crippen LogP contribution in [0.2, 0.25) is 5.02 Å². The fourth-order valence-electron chi connectivity index (χ4n) is 1.80. The summed E-state index contributed by atoms with van der Waals surface area (Å²) in [6, 6.07) is 12.1. The monoisotopic (exact) mass is 281 g/mol. The lowest BCUT2D eigenvalue weighted by Crippen LogP contribution is -2.00. The van der Waals surface area contributed by atoms with Crippen LogP contribution in [0.1, 0.15) is 23.1 Å². The van der Waals surface area contributed by atoms with Crippen LogP contribution >= 0.6 is 11.6 Å². The van der Waals surface area contributed by atoms with E-state index < -0.39 is 6.43 Å². The van der Waals surface area contributed by atoms with Gasteiger partial charge in [-0.3, -0.25) is 0 Å². The molecule has 1 nitrogen and oxygen atoms in total. The first kappa shape index (κ1) is 13.8. The van der Waals surface area contributed by atoms with Gasteiger partial charge in [-0.25, -0.2) is 8.78 Å². The number of nitrogens with one attached hydrogen (secondary N) is 1. The second-order valence-corrected chi connectivity index (χ2v) is 4.79. The first-order chi connectivity index (χ1) is 9.06. The summed E-state index contributed by atoms with van der Waals surface area (Å²) in [6.45, 7) is 2.42. The molecule has 0 spiro atoms. The molecule has 0 unspecified atom stereocenters. The molecule has 0 aliphatic rings. The molecule has 0 atom stereocenters. The molecule has 0 saturated carbocycles. The third kappa shape index (κ3) is 3.67. The van der Waals surface area contributed by atoms with Crippen LogP contribution in [0, 0.1) is 6.92 Å². The van der Waals surface area contributed by atoms with Crippen molar-refractivity contribution in [2.45, 2.75) is 19.9 Å². The van der Waals surface area contributed by atoms with Crippen molar-refractivity contribution in [2.24, 2.45) is 0 Å². The molecule has 0 radical (unpaired) electrons. The van der Waals surface area contributed by atoms with Crippen molar-refractivity contribution in [3.05, 3.63) is 64.2 Å². The zero-order valence-corrected chi connectivity index (χ0v) is 11.2. The van der Waals surface area contributed by atoms with E-state index in [2.05, 4.69) is 5.32 Å². The zero-order valence-electron chi connectivity index (χ0n) is 10.5. The van der Waals surface area contributed by atoms with Gasteiger partial charge in [0.2, 0.25) is 0 Å². The van der Waals surface area contributed by atoms with Gasteiger partial charge in [-0.1, -0.05) is 35.9 Å². The van der Waals surface area contributed by atoms with Gasteiger partial charge in [0, 0.05) is 12.1 Å². The van der Waals surface area contributed by atoms with Crippen molar-refractivity contribution >= 4 is 17.3 Å². The zero-order chi connectivity index (χ0) is 13.8. The van der Waals surface area contributed by atoms with Crippen molar-refractivity contribution in [3.8, 4) is 0 Å².